The van der Waals surface area contributed by atoms with Crippen LogP contribution in [-0.4, -0.2) is 17.5 Å². The van der Waals surface area contributed by atoms with Gasteiger partial charge in [-0.25, -0.2) is 4.98 Å². The van der Waals surface area contributed by atoms with E-state index in [0.717, 1.165) is 35.6 Å². The van der Waals surface area contributed by atoms with Crippen molar-refractivity contribution in [2.45, 2.75) is 27.2 Å². The van der Waals surface area contributed by atoms with Crippen LogP contribution in [0.2, 0.25) is 0 Å². The van der Waals surface area contributed by atoms with Crippen LogP contribution in [0.5, 0.6) is 5.75 Å². The average Bonchev–Trinajstić information content (AvgIpc) is 2.93. The highest BCUT2D eigenvalue weighted by atomic mass is 32.1. The Morgan fingerprint density at radius 1 is 1.32 bits per heavy atom. The maximum absolute atomic E-state index is 11.7. The summed E-state index contributed by atoms with van der Waals surface area (Å²) in [7, 11) is 0. The molecular weight excluding hydrogens is 296 g/mol. The standard InChI is InChI=1S/C17H20N2O2S/c1-4-9-21-14-7-5-13(6-8-14)15-11-22-17(18-15)19-16(20)10-12(2)3/h5-8,10-11H,4,9H2,1-3H3,(H,18,19,20). The van der Waals surface area contributed by atoms with Gasteiger partial charge in [0, 0.05) is 17.0 Å². The van der Waals surface area contributed by atoms with E-state index in [1.165, 1.54) is 11.3 Å². The quantitative estimate of drug-likeness (QED) is 0.798. The number of nitrogens with zero attached hydrogens (tertiary/aromatic N) is 1. The van der Waals surface area contributed by atoms with Crippen molar-refractivity contribution in [3.63, 3.8) is 0 Å². The second kappa shape index (κ2) is 7.75. The molecule has 0 aliphatic rings. The number of nitrogens with one attached hydrogen (secondary N) is 1. The van der Waals surface area contributed by atoms with Crippen molar-refractivity contribution in [2.24, 2.45) is 0 Å². The summed E-state index contributed by atoms with van der Waals surface area (Å²) in [5.41, 5.74) is 2.80. The van der Waals surface area contributed by atoms with Crippen LogP contribution in [0.3, 0.4) is 0 Å². The number of hydrogen-bond acceptors (Lipinski definition) is 4. The predicted molar refractivity (Wildman–Crippen MR) is 91.4 cm³/mol. The Bertz CT molecular complexity index is 656. The van der Waals surface area contributed by atoms with Crippen LogP contribution in [0.25, 0.3) is 11.3 Å². The van der Waals surface area contributed by atoms with Crippen molar-refractivity contribution < 1.29 is 9.53 Å². The van der Waals surface area contributed by atoms with E-state index >= 15 is 0 Å². The number of amides is 1. The fourth-order valence-electron chi connectivity index (χ4n) is 1.81. The van der Waals surface area contributed by atoms with Crippen LogP contribution >= 0.6 is 11.3 Å². The number of allylic oxidation sites excluding steroid dienone is 1. The summed E-state index contributed by atoms with van der Waals surface area (Å²) in [5, 5.41) is 5.30. The second-order valence-corrected chi connectivity index (χ2v) is 5.98. The number of thiazole rings is 1. The summed E-state index contributed by atoms with van der Waals surface area (Å²) < 4.78 is 5.56. The Kier molecular flexibility index (Phi) is 5.72. The molecule has 0 aliphatic carbocycles. The van der Waals surface area contributed by atoms with Crippen LogP contribution in [0.15, 0.2) is 41.3 Å². The fourth-order valence-corrected chi connectivity index (χ4v) is 2.53. The summed E-state index contributed by atoms with van der Waals surface area (Å²) in [6, 6.07) is 7.82. The van der Waals surface area contributed by atoms with E-state index in [-0.39, 0.29) is 5.91 Å². The lowest BCUT2D eigenvalue weighted by Gasteiger charge is -2.04. The Morgan fingerprint density at radius 2 is 2.05 bits per heavy atom. The first kappa shape index (κ1) is 16.2. The van der Waals surface area contributed by atoms with Crippen molar-refractivity contribution in [2.75, 3.05) is 11.9 Å². The van der Waals surface area contributed by atoms with Crippen molar-refractivity contribution in [1.29, 1.82) is 0 Å². The number of carbonyl (C=O) groups is 1. The molecule has 0 atom stereocenters. The van der Waals surface area contributed by atoms with Gasteiger partial charge in [0.25, 0.3) is 0 Å². The molecule has 0 radical (unpaired) electrons. The molecule has 2 rings (SSSR count). The minimum atomic E-state index is -0.149. The molecule has 4 nitrogen and oxygen atoms in total. The number of aromatic nitrogens is 1. The molecule has 0 aliphatic heterocycles. The largest absolute Gasteiger partial charge is 0.494 e. The molecule has 0 fully saturated rings. The number of hydrogen-bond donors (Lipinski definition) is 1. The number of benzene rings is 1. The molecule has 0 saturated carbocycles. The van der Waals surface area contributed by atoms with Gasteiger partial charge < -0.3 is 4.74 Å². The first-order valence-corrected chi connectivity index (χ1v) is 8.11. The molecule has 0 saturated heterocycles. The molecule has 1 heterocycles. The third kappa shape index (κ3) is 4.70. The lowest BCUT2D eigenvalue weighted by atomic mass is 10.2. The molecule has 1 aromatic heterocycles. The number of ether oxygens (including phenoxy) is 1. The Balaban J connectivity index is 2.04. The Labute approximate surface area is 134 Å². The first-order chi connectivity index (χ1) is 10.6. The van der Waals surface area contributed by atoms with Gasteiger partial charge in [-0.1, -0.05) is 12.5 Å². The number of anilines is 1. The van der Waals surface area contributed by atoms with E-state index in [1.54, 1.807) is 6.08 Å². The van der Waals surface area contributed by atoms with E-state index < -0.39 is 0 Å². The summed E-state index contributed by atoms with van der Waals surface area (Å²) in [6.07, 6.45) is 2.55. The van der Waals surface area contributed by atoms with E-state index in [4.69, 9.17) is 4.74 Å². The maximum atomic E-state index is 11.7. The Morgan fingerprint density at radius 3 is 2.68 bits per heavy atom. The van der Waals surface area contributed by atoms with E-state index in [0.29, 0.717) is 5.13 Å². The van der Waals surface area contributed by atoms with Gasteiger partial charge in [-0.15, -0.1) is 11.3 Å². The van der Waals surface area contributed by atoms with Gasteiger partial charge in [-0.2, -0.15) is 0 Å². The first-order valence-electron chi connectivity index (χ1n) is 7.23. The third-order valence-corrected chi connectivity index (χ3v) is 3.53. The normalized spacial score (nSPS) is 10.1. The predicted octanol–water partition coefficient (Wildman–Crippen LogP) is 4.50. The smallest absolute Gasteiger partial charge is 0.250 e. The molecule has 0 bridgehead atoms. The van der Waals surface area contributed by atoms with Crippen molar-refractivity contribution >= 4 is 22.4 Å². The average molecular weight is 316 g/mol. The summed E-state index contributed by atoms with van der Waals surface area (Å²) >= 11 is 1.41. The van der Waals surface area contributed by atoms with Gasteiger partial charge in [-0.3, -0.25) is 10.1 Å². The van der Waals surface area contributed by atoms with E-state index in [2.05, 4.69) is 17.2 Å². The summed E-state index contributed by atoms with van der Waals surface area (Å²) in [4.78, 5) is 16.1. The zero-order valence-electron chi connectivity index (χ0n) is 13.1. The molecule has 0 spiro atoms. The zero-order chi connectivity index (χ0) is 15.9. The van der Waals surface area contributed by atoms with Crippen molar-refractivity contribution in [1.82, 2.24) is 4.98 Å². The van der Waals surface area contributed by atoms with E-state index in [1.807, 2.05) is 43.5 Å². The molecule has 2 aromatic rings. The lowest BCUT2D eigenvalue weighted by Crippen LogP contribution is -2.07. The van der Waals surface area contributed by atoms with Gasteiger partial charge in [0.1, 0.15) is 5.75 Å². The van der Waals surface area contributed by atoms with Gasteiger partial charge in [0.15, 0.2) is 5.13 Å². The zero-order valence-corrected chi connectivity index (χ0v) is 13.9. The molecule has 1 amide bonds. The van der Waals surface area contributed by atoms with Crippen LogP contribution in [0.1, 0.15) is 27.2 Å². The molecular formula is C17H20N2O2S. The molecule has 5 heteroatoms. The molecule has 1 N–H and O–H groups in total. The van der Waals surface area contributed by atoms with E-state index in [9.17, 15) is 4.79 Å². The van der Waals surface area contributed by atoms with Gasteiger partial charge in [-0.05, 0) is 44.5 Å². The molecule has 1 aromatic carbocycles. The Hall–Kier alpha value is -2.14. The van der Waals surface area contributed by atoms with Crippen LogP contribution in [0, 0.1) is 0 Å². The lowest BCUT2D eigenvalue weighted by molar-refractivity contribution is -0.111. The maximum Gasteiger partial charge on any atom is 0.250 e. The monoisotopic (exact) mass is 316 g/mol. The van der Waals surface area contributed by atoms with Gasteiger partial charge >= 0.3 is 0 Å². The van der Waals surface area contributed by atoms with Crippen molar-refractivity contribution in [3.8, 4) is 17.0 Å². The summed E-state index contributed by atoms with van der Waals surface area (Å²) in [6.45, 7) is 6.56. The van der Waals surface area contributed by atoms with Gasteiger partial charge in [0.05, 0.1) is 12.3 Å². The van der Waals surface area contributed by atoms with Crippen LogP contribution in [0.4, 0.5) is 5.13 Å². The minimum Gasteiger partial charge on any atom is -0.494 e. The summed E-state index contributed by atoms with van der Waals surface area (Å²) in [5.74, 6) is 0.710. The minimum absolute atomic E-state index is 0.149. The fraction of sp³-hybridized carbons (Fsp3) is 0.294. The van der Waals surface area contributed by atoms with Gasteiger partial charge in [0.2, 0.25) is 5.91 Å². The molecule has 0 unspecified atom stereocenters. The highest BCUT2D eigenvalue weighted by molar-refractivity contribution is 7.14. The van der Waals surface area contributed by atoms with Crippen LogP contribution in [-0.2, 0) is 4.79 Å². The number of carbonyl (C=O) groups excluding carboxylic acids is 1. The molecule has 22 heavy (non-hydrogen) atoms. The second-order valence-electron chi connectivity index (χ2n) is 5.12. The SMILES string of the molecule is CCCOc1ccc(-c2csc(NC(=O)C=C(C)C)n2)cc1. The number of rotatable bonds is 6. The highest BCUT2D eigenvalue weighted by Crippen LogP contribution is 2.26. The third-order valence-electron chi connectivity index (χ3n) is 2.78. The topological polar surface area (TPSA) is 51.2 Å². The van der Waals surface area contributed by atoms with Crippen molar-refractivity contribution in [3.05, 3.63) is 41.3 Å². The molecule has 116 valence electrons. The highest BCUT2D eigenvalue weighted by Gasteiger charge is 2.07. The van der Waals surface area contributed by atoms with Crippen LogP contribution < -0.4 is 10.1 Å².